The number of rotatable bonds is 9. The van der Waals surface area contributed by atoms with Gasteiger partial charge < -0.3 is 14.6 Å². The van der Waals surface area contributed by atoms with Crippen molar-refractivity contribution in [3.63, 3.8) is 0 Å². The predicted octanol–water partition coefficient (Wildman–Crippen LogP) is 5.22. The maximum absolute atomic E-state index is 12.4. The standard InChI is InChI=1S/C23H28N4O2S/c1-5-16(3)17-10-12-19(13-11-17)24-21(28)15-30-23-26-25-22(27(23)6-2)18-8-7-9-20(14-18)29-4/h7-14,16H,5-6,15H2,1-4H3,(H,24,28)/t16-/m0/s1. The van der Waals surface area contributed by atoms with Crippen molar-refractivity contribution in [2.45, 2.75) is 44.8 Å². The summed E-state index contributed by atoms with van der Waals surface area (Å²) < 4.78 is 7.31. The molecular formula is C23H28N4O2S. The zero-order valence-corrected chi connectivity index (χ0v) is 18.7. The summed E-state index contributed by atoms with van der Waals surface area (Å²) in [7, 11) is 1.64. The lowest BCUT2D eigenvalue weighted by atomic mass is 9.99. The molecule has 0 aliphatic heterocycles. The first kappa shape index (κ1) is 21.9. The van der Waals surface area contributed by atoms with Crippen LogP contribution >= 0.6 is 11.8 Å². The molecular weight excluding hydrogens is 396 g/mol. The summed E-state index contributed by atoms with van der Waals surface area (Å²) in [6.07, 6.45) is 1.10. The van der Waals surface area contributed by atoms with Crippen molar-refractivity contribution in [3.05, 3.63) is 54.1 Å². The molecule has 0 aliphatic rings. The average Bonchev–Trinajstić information content (AvgIpc) is 3.20. The van der Waals surface area contributed by atoms with Crippen LogP contribution < -0.4 is 10.1 Å². The Morgan fingerprint density at radius 3 is 2.60 bits per heavy atom. The summed E-state index contributed by atoms with van der Waals surface area (Å²) in [5.74, 6) is 2.25. The summed E-state index contributed by atoms with van der Waals surface area (Å²) >= 11 is 1.38. The van der Waals surface area contributed by atoms with Gasteiger partial charge in [-0.25, -0.2) is 0 Å². The van der Waals surface area contributed by atoms with E-state index in [1.807, 2.05) is 47.9 Å². The Labute approximate surface area is 182 Å². The number of hydrogen-bond acceptors (Lipinski definition) is 5. The molecule has 1 aromatic heterocycles. The SMILES string of the molecule is CC[C@H](C)c1ccc(NC(=O)CSc2nnc(-c3cccc(OC)c3)n2CC)cc1. The number of benzene rings is 2. The second kappa shape index (κ2) is 10.3. The molecule has 1 amide bonds. The number of methoxy groups -OCH3 is 1. The number of nitrogens with zero attached hydrogens (tertiary/aromatic N) is 3. The van der Waals surface area contributed by atoms with Crippen molar-refractivity contribution in [2.24, 2.45) is 0 Å². The number of hydrogen-bond donors (Lipinski definition) is 1. The highest BCUT2D eigenvalue weighted by Crippen LogP contribution is 2.27. The van der Waals surface area contributed by atoms with E-state index in [1.165, 1.54) is 17.3 Å². The molecule has 0 saturated carbocycles. The highest BCUT2D eigenvalue weighted by molar-refractivity contribution is 7.99. The lowest BCUT2D eigenvalue weighted by Crippen LogP contribution is -2.14. The van der Waals surface area contributed by atoms with Crippen LogP contribution in [0.1, 0.15) is 38.7 Å². The monoisotopic (exact) mass is 424 g/mol. The van der Waals surface area contributed by atoms with E-state index in [4.69, 9.17) is 4.74 Å². The van der Waals surface area contributed by atoms with Gasteiger partial charge >= 0.3 is 0 Å². The molecule has 7 heteroatoms. The minimum atomic E-state index is -0.0649. The Morgan fingerprint density at radius 1 is 1.17 bits per heavy atom. The van der Waals surface area contributed by atoms with Gasteiger partial charge in [0.15, 0.2) is 11.0 Å². The van der Waals surface area contributed by atoms with Crippen molar-refractivity contribution < 1.29 is 9.53 Å². The molecule has 3 aromatic rings. The number of ether oxygens (including phenoxy) is 1. The Bertz CT molecular complexity index is 985. The molecule has 6 nitrogen and oxygen atoms in total. The van der Waals surface area contributed by atoms with Crippen LogP contribution in [0, 0.1) is 0 Å². The van der Waals surface area contributed by atoms with Crippen LogP contribution in [0.4, 0.5) is 5.69 Å². The average molecular weight is 425 g/mol. The third-order valence-corrected chi connectivity index (χ3v) is 6.04. The van der Waals surface area contributed by atoms with E-state index in [1.54, 1.807) is 7.11 Å². The highest BCUT2D eigenvalue weighted by Gasteiger charge is 2.15. The van der Waals surface area contributed by atoms with Crippen molar-refractivity contribution in [3.8, 4) is 17.1 Å². The second-order valence-electron chi connectivity index (χ2n) is 7.05. The lowest BCUT2D eigenvalue weighted by molar-refractivity contribution is -0.113. The summed E-state index contributed by atoms with van der Waals surface area (Å²) in [6, 6.07) is 15.8. The fourth-order valence-electron chi connectivity index (χ4n) is 3.11. The molecule has 0 saturated heterocycles. The Morgan fingerprint density at radius 2 is 1.93 bits per heavy atom. The summed E-state index contributed by atoms with van der Waals surface area (Å²) in [4.78, 5) is 12.4. The zero-order valence-electron chi connectivity index (χ0n) is 17.9. The first-order valence-electron chi connectivity index (χ1n) is 10.2. The first-order valence-corrected chi connectivity index (χ1v) is 11.1. The number of nitrogens with one attached hydrogen (secondary N) is 1. The Kier molecular flexibility index (Phi) is 7.52. The molecule has 0 aliphatic carbocycles. The molecule has 30 heavy (non-hydrogen) atoms. The van der Waals surface area contributed by atoms with E-state index in [2.05, 4.69) is 41.5 Å². The molecule has 0 bridgehead atoms. The van der Waals surface area contributed by atoms with Crippen molar-refractivity contribution in [2.75, 3.05) is 18.2 Å². The van der Waals surface area contributed by atoms with Gasteiger partial charge in [-0.2, -0.15) is 0 Å². The summed E-state index contributed by atoms with van der Waals surface area (Å²) in [5.41, 5.74) is 3.02. The van der Waals surface area contributed by atoms with Crippen LogP contribution in [0.3, 0.4) is 0 Å². The van der Waals surface area contributed by atoms with Crippen molar-refractivity contribution in [1.82, 2.24) is 14.8 Å². The fourth-order valence-corrected chi connectivity index (χ4v) is 3.92. The maximum Gasteiger partial charge on any atom is 0.234 e. The Hall–Kier alpha value is -2.80. The van der Waals surface area contributed by atoms with Crippen LogP contribution in [0.25, 0.3) is 11.4 Å². The van der Waals surface area contributed by atoms with Gasteiger partial charge in [0, 0.05) is 17.8 Å². The number of carbonyl (C=O) groups excluding carboxylic acids is 1. The number of amides is 1. The maximum atomic E-state index is 12.4. The van der Waals surface area contributed by atoms with Gasteiger partial charge in [0.1, 0.15) is 5.75 Å². The number of anilines is 1. The van der Waals surface area contributed by atoms with E-state index >= 15 is 0 Å². The topological polar surface area (TPSA) is 69.0 Å². The van der Waals surface area contributed by atoms with Crippen LogP contribution in [0.5, 0.6) is 5.75 Å². The first-order chi connectivity index (χ1) is 14.5. The summed E-state index contributed by atoms with van der Waals surface area (Å²) in [6.45, 7) is 7.12. The smallest absolute Gasteiger partial charge is 0.234 e. The Balaban J connectivity index is 1.64. The molecule has 0 unspecified atom stereocenters. The third kappa shape index (κ3) is 5.21. The van der Waals surface area contributed by atoms with Gasteiger partial charge in [0.05, 0.1) is 12.9 Å². The van der Waals surface area contributed by atoms with Gasteiger partial charge in [0.25, 0.3) is 0 Å². The van der Waals surface area contributed by atoms with Crippen LogP contribution in [0.2, 0.25) is 0 Å². The van der Waals surface area contributed by atoms with E-state index in [0.29, 0.717) is 12.5 Å². The molecule has 1 N–H and O–H groups in total. The molecule has 1 heterocycles. The molecule has 0 fully saturated rings. The van der Waals surface area contributed by atoms with Gasteiger partial charge in [-0.3, -0.25) is 4.79 Å². The second-order valence-corrected chi connectivity index (χ2v) is 7.99. The van der Waals surface area contributed by atoms with Crippen molar-refractivity contribution in [1.29, 1.82) is 0 Å². The minimum absolute atomic E-state index is 0.0649. The molecule has 2 aromatic carbocycles. The quantitative estimate of drug-likeness (QED) is 0.477. The minimum Gasteiger partial charge on any atom is -0.497 e. The van der Waals surface area contributed by atoms with E-state index in [9.17, 15) is 4.79 Å². The van der Waals surface area contributed by atoms with E-state index in [-0.39, 0.29) is 11.7 Å². The van der Waals surface area contributed by atoms with Gasteiger partial charge in [0.2, 0.25) is 5.91 Å². The van der Waals surface area contributed by atoms with Gasteiger partial charge in [-0.1, -0.05) is 49.9 Å². The number of aromatic nitrogens is 3. The van der Waals surface area contributed by atoms with Gasteiger partial charge in [-0.05, 0) is 49.1 Å². The fraction of sp³-hybridized carbons (Fsp3) is 0.348. The van der Waals surface area contributed by atoms with Crippen LogP contribution in [-0.4, -0.2) is 33.5 Å². The highest BCUT2D eigenvalue weighted by atomic mass is 32.2. The van der Waals surface area contributed by atoms with Crippen LogP contribution in [0.15, 0.2) is 53.7 Å². The molecule has 0 spiro atoms. The molecule has 0 radical (unpaired) electrons. The van der Waals surface area contributed by atoms with Crippen LogP contribution in [-0.2, 0) is 11.3 Å². The normalized spacial score (nSPS) is 11.9. The largest absolute Gasteiger partial charge is 0.497 e. The lowest BCUT2D eigenvalue weighted by Gasteiger charge is -2.11. The molecule has 158 valence electrons. The number of carbonyl (C=O) groups is 1. The van der Waals surface area contributed by atoms with Crippen molar-refractivity contribution >= 4 is 23.4 Å². The number of thioether (sulfide) groups is 1. The molecule has 3 rings (SSSR count). The predicted molar refractivity (Wildman–Crippen MR) is 122 cm³/mol. The zero-order chi connectivity index (χ0) is 21.5. The van der Waals surface area contributed by atoms with E-state index < -0.39 is 0 Å². The van der Waals surface area contributed by atoms with Gasteiger partial charge in [-0.15, -0.1) is 10.2 Å². The molecule has 1 atom stereocenters. The third-order valence-electron chi connectivity index (χ3n) is 5.07. The van der Waals surface area contributed by atoms with E-state index in [0.717, 1.165) is 34.4 Å². The summed E-state index contributed by atoms with van der Waals surface area (Å²) in [5, 5.41) is 12.3.